The van der Waals surface area contributed by atoms with Gasteiger partial charge < -0.3 is 29.9 Å². The van der Waals surface area contributed by atoms with E-state index in [0.29, 0.717) is 29.3 Å². The minimum atomic E-state index is -1.03. The van der Waals surface area contributed by atoms with Gasteiger partial charge in [-0.3, -0.25) is 28.3 Å². The first-order chi connectivity index (χ1) is 28.9. The zero-order valence-electron chi connectivity index (χ0n) is 33.8. The standard InChI is InChI=1S/C46H47FN6O7/c1-50(34-17-21-36(59-3)22-18-34)44(56)38(25-15-31-11-7-5-8-12-31)48-42(54)30-53-41-28-33(47)16-26-40(41)52(46(53)58)29-43(55)49-39(27-32-13-9-6-10-14-32)45(57)51(2)35-19-23-37(60-4)24-20-35/h5-14,16-24,26,28,38-39H,15,25,27,29-30H2,1-4H3,(H,48,54)(H,49,55)/t38-,39-/m0/s1. The molecule has 1 aromatic heterocycles. The van der Waals surface area contributed by atoms with Gasteiger partial charge in [0.15, 0.2) is 0 Å². The number of carbonyl (C=O) groups is 4. The van der Waals surface area contributed by atoms with E-state index in [1.165, 1.54) is 15.9 Å². The Morgan fingerprint density at radius 2 is 1.08 bits per heavy atom. The van der Waals surface area contributed by atoms with E-state index in [4.69, 9.17) is 9.47 Å². The number of rotatable bonds is 17. The number of halogens is 1. The van der Waals surface area contributed by atoms with Crippen LogP contribution in [-0.4, -0.2) is 73.2 Å². The van der Waals surface area contributed by atoms with Crippen molar-refractivity contribution < 1.29 is 33.0 Å². The lowest BCUT2D eigenvalue weighted by molar-refractivity contribution is -0.128. The van der Waals surface area contributed by atoms with Gasteiger partial charge in [0.25, 0.3) is 0 Å². The van der Waals surface area contributed by atoms with Crippen molar-refractivity contribution in [1.29, 1.82) is 0 Å². The summed E-state index contributed by atoms with van der Waals surface area (Å²) in [4.78, 5) is 72.4. The van der Waals surface area contributed by atoms with Crippen LogP contribution in [0.25, 0.3) is 11.0 Å². The van der Waals surface area contributed by atoms with Gasteiger partial charge in [0.1, 0.15) is 42.5 Å². The fourth-order valence-electron chi connectivity index (χ4n) is 6.96. The van der Waals surface area contributed by atoms with Crippen molar-refractivity contribution in [1.82, 2.24) is 19.8 Å². The smallest absolute Gasteiger partial charge is 0.330 e. The molecule has 0 saturated heterocycles. The Bertz CT molecular complexity index is 2490. The monoisotopic (exact) mass is 814 g/mol. The molecule has 4 amide bonds. The molecule has 1 heterocycles. The first-order valence-corrected chi connectivity index (χ1v) is 19.3. The molecule has 0 fully saturated rings. The maximum atomic E-state index is 14.7. The van der Waals surface area contributed by atoms with Gasteiger partial charge in [0.05, 0.1) is 25.3 Å². The van der Waals surface area contributed by atoms with Crippen LogP contribution in [0.15, 0.2) is 132 Å². The largest absolute Gasteiger partial charge is 0.497 e. The zero-order valence-corrected chi connectivity index (χ0v) is 33.8. The van der Waals surface area contributed by atoms with Crippen LogP contribution in [0.2, 0.25) is 0 Å². The minimum Gasteiger partial charge on any atom is -0.497 e. The van der Waals surface area contributed by atoms with Gasteiger partial charge in [-0.05, 0) is 90.7 Å². The molecule has 0 unspecified atom stereocenters. The molecule has 0 saturated carbocycles. The third-order valence-corrected chi connectivity index (χ3v) is 10.3. The molecular weight excluding hydrogens is 768 g/mol. The van der Waals surface area contributed by atoms with Crippen LogP contribution < -0.4 is 35.6 Å². The van der Waals surface area contributed by atoms with E-state index in [-0.39, 0.29) is 29.8 Å². The summed E-state index contributed by atoms with van der Waals surface area (Å²) in [5.74, 6) is -1.55. The summed E-state index contributed by atoms with van der Waals surface area (Å²) in [6, 6.07) is 34.1. The third kappa shape index (κ3) is 10.3. The minimum absolute atomic E-state index is 0.0709. The normalized spacial score (nSPS) is 11.9. The number of nitrogens with one attached hydrogen (secondary N) is 2. The number of benzene rings is 5. The molecule has 6 rings (SSSR count). The lowest BCUT2D eigenvalue weighted by Gasteiger charge is -2.25. The molecule has 6 aromatic rings. The molecule has 13 nitrogen and oxygen atoms in total. The van der Waals surface area contributed by atoms with Gasteiger partial charge in [-0.25, -0.2) is 9.18 Å². The Morgan fingerprint density at radius 1 is 0.617 bits per heavy atom. The quantitative estimate of drug-likeness (QED) is 0.130. The number of ether oxygens (including phenoxy) is 2. The van der Waals surface area contributed by atoms with Crippen molar-refractivity contribution in [3.8, 4) is 11.5 Å². The highest BCUT2D eigenvalue weighted by molar-refractivity contribution is 6.00. The summed E-state index contributed by atoms with van der Waals surface area (Å²) in [6.45, 7) is -1.11. The van der Waals surface area contributed by atoms with E-state index in [0.717, 1.165) is 32.4 Å². The summed E-state index contributed by atoms with van der Waals surface area (Å²) >= 11 is 0. The molecule has 0 aliphatic heterocycles. The second-order valence-corrected chi connectivity index (χ2v) is 14.2. The summed E-state index contributed by atoms with van der Waals surface area (Å²) in [6.07, 6.45) is 0.875. The Kier molecular flexibility index (Phi) is 13.8. The number of nitrogens with zero attached hydrogens (tertiary/aromatic N) is 4. The lowest BCUT2D eigenvalue weighted by Crippen LogP contribution is -2.50. The predicted molar refractivity (Wildman–Crippen MR) is 228 cm³/mol. The van der Waals surface area contributed by atoms with Crippen molar-refractivity contribution in [2.75, 3.05) is 38.1 Å². The molecule has 14 heteroatoms. The molecule has 5 aromatic carbocycles. The number of hydrogen-bond acceptors (Lipinski definition) is 7. The second-order valence-electron chi connectivity index (χ2n) is 14.2. The predicted octanol–water partition coefficient (Wildman–Crippen LogP) is 5.13. The van der Waals surface area contributed by atoms with Gasteiger partial charge in [0, 0.05) is 31.9 Å². The van der Waals surface area contributed by atoms with Gasteiger partial charge in [-0.2, -0.15) is 0 Å². The van der Waals surface area contributed by atoms with Crippen LogP contribution >= 0.6 is 0 Å². The van der Waals surface area contributed by atoms with Crippen molar-refractivity contribution >= 4 is 46.0 Å². The number of aromatic nitrogens is 2. The highest BCUT2D eigenvalue weighted by Gasteiger charge is 2.28. The number of likely N-dealkylation sites (N-methyl/N-ethyl adjacent to an activating group) is 2. The molecule has 0 aliphatic carbocycles. The Balaban J connectivity index is 1.23. The summed E-state index contributed by atoms with van der Waals surface area (Å²) in [7, 11) is 6.29. The molecule has 2 atom stereocenters. The van der Waals surface area contributed by atoms with Crippen LogP contribution in [0.1, 0.15) is 17.5 Å². The van der Waals surface area contributed by atoms with Crippen LogP contribution in [0.3, 0.4) is 0 Å². The number of hydrogen-bond donors (Lipinski definition) is 2. The molecule has 60 heavy (non-hydrogen) atoms. The van der Waals surface area contributed by atoms with Crippen molar-refractivity contribution in [2.45, 2.75) is 44.4 Å². The maximum Gasteiger partial charge on any atom is 0.330 e. The lowest BCUT2D eigenvalue weighted by atomic mass is 10.0. The summed E-state index contributed by atoms with van der Waals surface area (Å²) < 4.78 is 27.4. The number of methoxy groups -OCH3 is 2. The number of fused-ring (bicyclic) bond motifs is 1. The maximum absolute atomic E-state index is 14.7. The van der Waals surface area contributed by atoms with Gasteiger partial charge in [-0.15, -0.1) is 0 Å². The van der Waals surface area contributed by atoms with Crippen molar-refractivity contribution in [2.24, 2.45) is 0 Å². The van der Waals surface area contributed by atoms with E-state index < -0.39 is 54.4 Å². The fraction of sp³-hybridized carbons (Fsp3) is 0.239. The van der Waals surface area contributed by atoms with Crippen LogP contribution in [0.5, 0.6) is 11.5 Å². The highest BCUT2D eigenvalue weighted by atomic mass is 19.1. The van der Waals surface area contributed by atoms with Crippen LogP contribution in [-0.2, 0) is 45.1 Å². The molecule has 0 radical (unpaired) electrons. The van der Waals surface area contributed by atoms with E-state index in [1.807, 2.05) is 60.7 Å². The second kappa shape index (κ2) is 19.5. The SMILES string of the molecule is COc1ccc(N(C)C(=O)[C@H](CCc2ccccc2)NC(=O)Cn2c(=O)n(CC(=O)N[C@@H](Cc3ccccc3)C(=O)N(C)c3ccc(OC)cc3)c3ccc(F)cc32)cc1. The molecule has 2 N–H and O–H groups in total. The number of amides is 4. The Morgan fingerprint density at radius 3 is 1.60 bits per heavy atom. The van der Waals surface area contributed by atoms with Crippen molar-refractivity contribution in [3.63, 3.8) is 0 Å². The highest BCUT2D eigenvalue weighted by Crippen LogP contribution is 2.22. The fourth-order valence-corrected chi connectivity index (χ4v) is 6.96. The number of imidazole rings is 1. The Labute approximate surface area is 346 Å². The van der Waals surface area contributed by atoms with Gasteiger partial charge in [-0.1, -0.05) is 60.7 Å². The van der Waals surface area contributed by atoms with E-state index in [1.54, 1.807) is 76.8 Å². The zero-order chi connectivity index (χ0) is 42.8. The average Bonchev–Trinajstić information content (AvgIpc) is 3.52. The molecule has 0 bridgehead atoms. The molecule has 310 valence electrons. The third-order valence-electron chi connectivity index (χ3n) is 10.3. The van der Waals surface area contributed by atoms with Gasteiger partial charge in [0.2, 0.25) is 23.6 Å². The summed E-state index contributed by atoms with van der Waals surface area (Å²) in [5, 5.41) is 5.62. The van der Waals surface area contributed by atoms with Gasteiger partial charge >= 0.3 is 5.69 Å². The topological polar surface area (TPSA) is 144 Å². The summed E-state index contributed by atoms with van der Waals surface area (Å²) in [5.41, 5.74) is 2.42. The number of carbonyl (C=O) groups excluding carboxylic acids is 4. The number of anilines is 2. The Hall–Kier alpha value is -7.22. The first kappa shape index (κ1) is 42.4. The van der Waals surface area contributed by atoms with E-state index in [9.17, 15) is 28.4 Å². The van der Waals surface area contributed by atoms with Crippen LogP contribution in [0.4, 0.5) is 15.8 Å². The molecule has 0 spiro atoms. The van der Waals surface area contributed by atoms with E-state index in [2.05, 4.69) is 10.6 Å². The molecule has 0 aliphatic rings. The van der Waals surface area contributed by atoms with Crippen molar-refractivity contribution in [3.05, 3.63) is 155 Å². The average molecular weight is 815 g/mol. The number of aryl methyl sites for hydroxylation is 1. The van der Waals surface area contributed by atoms with Crippen LogP contribution in [0, 0.1) is 5.82 Å². The van der Waals surface area contributed by atoms with E-state index >= 15 is 0 Å². The molecular formula is C46H47FN6O7. The first-order valence-electron chi connectivity index (χ1n) is 19.3.